The number of carbonyl (C=O) groups is 2. The van der Waals surface area contributed by atoms with Crippen molar-refractivity contribution in [2.24, 2.45) is 5.41 Å². The summed E-state index contributed by atoms with van der Waals surface area (Å²) in [6, 6.07) is 3.57. The summed E-state index contributed by atoms with van der Waals surface area (Å²) in [6.45, 7) is 13.4. The third-order valence-corrected chi connectivity index (χ3v) is 3.40. The first-order chi connectivity index (χ1) is 11.4. The third-order valence-electron chi connectivity index (χ3n) is 3.40. The Morgan fingerprint density at radius 3 is 2.40 bits per heavy atom. The third kappa shape index (κ3) is 5.05. The van der Waals surface area contributed by atoms with Crippen molar-refractivity contribution in [1.82, 2.24) is 9.55 Å². The number of aromatic nitrogens is 2. The highest BCUT2D eigenvalue weighted by atomic mass is 16.6. The fraction of sp³-hybridized carbons (Fsp3) is 0.526. The molecule has 0 saturated carbocycles. The van der Waals surface area contributed by atoms with E-state index in [0.717, 1.165) is 5.56 Å². The number of carbonyl (C=O) groups excluding carboxylic acids is 2. The minimum Gasteiger partial charge on any atom is -0.443 e. The number of nitrogens with one attached hydrogen (secondary N) is 1. The molecule has 1 N–H and O–H groups in total. The number of aryl methyl sites for hydroxylation is 1. The van der Waals surface area contributed by atoms with Gasteiger partial charge in [-0.3, -0.25) is 9.36 Å². The molecule has 2 heterocycles. The molecule has 0 saturated heterocycles. The summed E-state index contributed by atoms with van der Waals surface area (Å²) >= 11 is 0. The minimum atomic E-state index is -0.572. The van der Waals surface area contributed by atoms with Crippen molar-refractivity contribution in [2.75, 3.05) is 5.32 Å². The van der Waals surface area contributed by atoms with E-state index < -0.39 is 11.7 Å². The molecule has 0 radical (unpaired) electrons. The second-order valence-corrected chi connectivity index (χ2v) is 8.51. The Hall–Kier alpha value is -2.37. The molecule has 25 heavy (non-hydrogen) atoms. The summed E-state index contributed by atoms with van der Waals surface area (Å²) in [5.74, 6) is 0.442. The number of fused-ring (bicyclic) bond motifs is 1. The quantitative estimate of drug-likeness (QED) is 0.869. The molecule has 0 aromatic carbocycles. The van der Waals surface area contributed by atoms with Crippen LogP contribution >= 0.6 is 0 Å². The van der Waals surface area contributed by atoms with Gasteiger partial charge >= 0.3 is 6.09 Å². The molecule has 2 rings (SSSR count). The lowest BCUT2D eigenvalue weighted by Crippen LogP contribution is -2.26. The second kappa shape index (κ2) is 6.50. The average Bonchev–Trinajstić information content (AvgIpc) is 2.77. The van der Waals surface area contributed by atoms with Gasteiger partial charge in [-0.2, -0.15) is 0 Å². The van der Waals surface area contributed by atoms with Crippen molar-refractivity contribution in [3.8, 4) is 0 Å². The number of amides is 1. The van der Waals surface area contributed by atoms with Crippen LogP contribution in [-0.4, -0.2) is 27.2 Å². The lowest BCUT2D eigenvalue weighted by molar-refractivity contribution is -0.117. The highest BCUT2D eigenvalue weighted by Crippen LogP contribution is 2.24. The Morgan fingerprint density at radius 2 is 1.84 bits per heavy atom. The highest BCUT2D eigenvalue weighted by molar-refractivity contribution is 5.94. The van der Waals surface area contributed by atoms with Crippen molar-refractivity contribution in [1.29, 1.82) is 0 Å². The fourth-order valence-electron chi connectivity index (χ4n) is 2.41. The minimum absolute atomic E-state index is 0.0750. The van der Waals surface area contributed by atoms with Crippen LogP contribution in [0.2, 0.25) is 0 Å². The number of anilines is 1. The first kappa shape index (κ1) is 19.0. The van der Waals surface area contributed by atoms with E-state index in [2.05, 4.69) is 10.3 Å². The van der Waals surface area contributed by atoms with Crippen LogP contribution in [0.4, 0.5) is 10.6 Å². The summed E-state index contributed by atoms with van der Waals surface area (Å²) in [4.78, 5) is 28.9. The number of rotatable bonds is 2. The Labute approximate surface area is 148 Å². The lowest BCUT2D eigenvalue weighted by Gasteiger charge is -2.20. The van der Waals surface area contributed by atoms with Gasteiger partial charge in [0.25, 0.3) is 0 Å². The summed E-state index contributed by atoms with van der Waals surface area (Å²) in [5, 5.41) is 2.86. The molecule has 2 aromatic heterocycles. The summed E-state index contributed by atoms with van der Waals surface area (Å²) < 4.78 is 6.84. The molecule has 0 bridgehead atoms. The van der Waals surface area contributed by atoms with E-state index in [1.54, 1.807) is 12.3 Å². The van der Waals surface area contributed by atoms with E-state index in [1.165, 1.54) is 4.57 Å². The van der Waals surface area contributed by atoms with E-state index in [1.807, 2.05) is 54.5 Å². The summed E-state index contributed by atoms with van der Waals surface area (Å²) in [6.07, 6.45) is 1.59. The predicted molar refractivity (Wildman–Crippen MR) is 98.8 cm³/mol. The van der Waals surface area contributed by atoms with Gasteiger partial charge in [-0.05, 0) is 50.8 Å². The smallest absolute Gasteiger partial charge is 0.419 e. The Morgan fingerprint density at radius 1 is 1.20 bits per heavy atom. The van der Waals surface area contributed by atoms with Crippen molar-refractivity contribution >= 4 is 28.9 Å². The van der Waals surface area contributed by atoms with Crippen LogP contribution in [0.5, 0.6) is 0 Å². The first-order valence-corrected chi connectivity index (χ1v) is 8.38. The largest absolute Gasteiger partial charge is 0.443 e. The Bertz CT molecular complexity index is 808. The molecule has 0 fully saturated rings. The van der Waals surface area contributed by atoms with Crippen molar-refractivity contribution < 1.29 is 14.3 Å². The first-order valence-electron chi connectivity index (χ1n) is 8.38. The molecule has 2 aromatic rings. The van der Waals surface area contributed by atoms with Crippen LogP contribution in [-0.2, 0) is 9.53 Å². The van der Waals surface area contributed by atoms with Crippen LogP contribution in [0.15, 0.2) is 18.3 Å². The van der Waals surface area contributed by atoms with Crippen molar-refractivity contribution in [3.63, 3.8) is 0 Å². The molecule has 6 heteroatoms. The molecule has 0 spiro atoms. The Kier molecular flexibility index (Phi) is 4.93. The molecule has 0 atom stereocenters. The summed E-state index contributed by atoms with van der Waals surface area (Å²) in [5.41, 5.74) is 1.40. The molecule has 136 valence electrons. The van der Waals surface area contributed by atoms with E-state index >= 15 is 0 Å². The van der Waals surface area contributed by atoms with Crippen LogP contribution in [0.3, 0.4) is 0 Å². The van der Waals surface area contributed by atoms with Gasteiger partial charge in [0.1, 0.15) is 11.4 Å². The maximum absolute atomic E-state index is 12.3. The zero-order chi connectivity index (χ0) is 19.0. The van der Waals surface area contributed by atoms with E-state index in [4.69, 9.17) is 4.74 Å². The normalized spacial score (nSPS) is 12.3. The fourth-order valence-corrected chi connectivity index (χ4v) is 2.41. The average molecular weight is 345 g/mol. The molecule has 6 nitrogen and oxygen atoms in total. The van der Waals surface area contributed by atoms with Crippen LogP contribution in [0.1, 0.15) is 53.5 Å². The molecular formula is C19H27N3O3. The van der Waals surface area contributed by atoms with Gasteiger partial charge < -0.3 is 10.1 Å². The number of ether oxygens (including phenoxy) is 1. The number of hydrogen-bond acceptors (Lipinski definition) is 4. The highest BCUT2D eigenvalue weighted by Gasteiger charge is 2.21. The summed E-state index contributed by atoms with van der Waals surface area (Å²) in [7, 11) is 0. The van der Waals surface area contributed by atoms with E-state index in [0.29, 0.717) is 23.3 Å². The molecular weight excluding hydrogens is 318 g/mol. The molecule has 1 amide bonds. The number of nitrogens with zero attached hydrogens (tertiary/aromatic N) is 2. The molecule has 0 aliphatic carbocycles. The van der Waals surface area contributed by atoms with Crippen molar-refractivity contribution in [3.05, 3.63) is 23.9 Å². The van der Waals surface area contributed by atoms with Gasteiger partial charge in [0.2, 0.25) is 5.91 Å². The van der Waals surface area contributed by atoms with Gasteiger partial charge in [-0.25, -0.2) is 9.78 Å². The van der Waals surface area contributed by atoms with Gasteiger partial charge in [0, 0.05) is 12.6 Å². The van der Waals surface area contributed by atoms with E-state index in [-0.39, 0.29) is 11.3 Å². The van der Waals surface area contributed by atoms with Crippen LogP contribution in [0.25, 0.3) is 11.0 Å². The monoisotopic (exact) mass is 345 g/mol. The van der Waals surface area contributed by atoms with Gasteiger partial charge in [-0.1, -0.05) is 20.8 Å². The maximum atomic E-state index is 12.3. The van der Waals surface area contributed by atoms with Gasteiger partial charge in [-0.15, -0.1) is 0 Å². The lowest BCUT2D eigenvalue weighted by atomic mass is 9.92. The predicted octanol–water partition coefficient (Wildman–Crippen LogP) is 4.50. The second-order valence-electron chi connectivity index (χ2n) is 8.51. The topological polar surface area (TPSA) is 73.2 Å². The number of pyridine rings is 1. The molecule has 0 aliphatic rings. The van der Waals surface area contributed by atoms with Gasteiger partial charge in [0.05, 0.1) is 11.0 Å². The maximum Gasteiger partial charge on any atom is 0.419 e. The van der Waals surface area contributed by atoms with Crippen LogP contribution < -0.4 is 5.32 Å². The SMILES string of the molecule is Cc1cc2c(ccn2C(=O)OC(C)(C)C)nc1NC(=O)CC(C)(C)C. The zero-order valence-electron chi connectivity index (χ0n) is 16.1. The number of hydrogen-bond donors (Lipinski definition) is 1. The van der Waals surface area contributed by atoms with Crippen LogP contribution in [0, 0.1) is 12.3 Å². The van der Waals surface area contributed by atoms with Crippen molar-refractivity contribution in [2.45, 2.75) is 60.5 Å². The Balaban J connectivity index is 2.29. The molecule has 0 unspecified atom stereocenters. The standard InChI is InChI=1S/C19H27N3O3/c1-12-10-14-13(8-9-22(14)17(24)25-19(5,6)7)20-16(12)21-15(23)11-18(2,3)4/h8-10H,11H2,1-7H3,(H,20,21,23). The zero-order valence-corrected chi connectivity index (χ0v) is 16.1. The van der Waals surface area contributed by atoms with Gasteiger partial charge in [0.15, 0.2) is 0 Å². The molecule has 0 aliphatic heterocycles. The van der Waals surface area contributed by atoms with E-state index in [9.17, 15) is 9.59 Å².